The summed E-state index contributed by atoms with van der Waals surface area (Å²) in [7, 11) is 0. The summed E-state index contributed by atoms with van der Waals surface area (Å²) in [6.45, 7) is 6.26. The number of halogens is 2. The van der Waals surface area contributed by atoms with Crippen LogP contribution in [0.25, 0.3) is 0 Å². The lowest BCUT2D eigenvalue weighted by molar-refractivity contribution is -0.0654. The average molecular weight is 331 g/mol. The minimum Gasteiger partial charge on any atom is -0.376 e. The van der Waals surface area contributed by atoms with Crippen LogP contribution in [0.5, 0.6) is 0 Å². The highest BCUT2D eigenvalue weighted by Crippen LogP contribution is 2.28. The standard InChI is InChI=1S/C14H20BrFN2O/c1-9-8-19-10(2)7-18(9)14(6-17)11-3-4-13(16)12(15)5-11/h3-5,9-10,14H,6-8,17H2,1-2H3. The van der Waals surface area contributed by atoms with Crippen molar-refractivity contribution in [3.05, 3.63) is 34.1 Å². The molecule has 1 aromatic carbocycles. The Kier molecular flexibility index (Phi) is 4.95. The van der Waals surface area contributed by atoms with E-state index in [1.807, 2.05) is 12.1 Å². The fraction of sp³-hybridized carbons (Fsp3) is 0.571. The minimum atomic E-state index is -0.247. The van der Waals surface area contributed by atoms with E-state index in [9.17, 15) is 4.39 Å². The maximum absolute atomic E-state index is 13.3. The van der Waals surface area contributed by atoms with Crippen LogP contribution in [-0.2, 0) is 4.74 Å². The topological polar surface area (TPSA) is 38.5 Å². The maximum Gasteiger partial charge on any atom is 0.137 e. The molecule has 0 amide bonds. The summed E-state index contributed by atoms with van der Waals surface area (Å²) in [5.41, 5.74) is 6.98. The molecule has 1 heterocycles. The van der Waals surface area contributed by atoms with E-state index < -0.39 is 0 Å². The van der Waals surface area contributed by atoms with Crippen LogP contribution in [-0.4, -0.2) is 36.7 Å². The lowest BCUT2D eigenvalue weighted by Crippen LogP contribution is -2.50. The summed E-state index contributed by atoms with van der Waals surface area (Å²) in [5.74, 6) is -0.247. The molecule has 2 N–H and O–H groups in total. The molecule has 0 saturated carbocycles. The van der Waals surface area contributed by atoms with Gasteiger partial charge in [-0.3, -0.25) is 4.90 Å². The van der Waals surface area contributed by atoms with Gasteiger partial charge in [-0.25, -0.2) is 4.39 Å². The molecule has 0 spiro atoms. The first-order valence-corrected chi connectivity index (χ1v) is 7.34. The number of ether oxygens (including phenoxy) is 1. The summed E-state index contributed by atoms with van der Waals surface area (Å²) in [5, 5.41) is 0. The molecule has 2 rings (SSSR count). The molecule has 0 aliphatic carbocycles. The zero-order valence-electron chi connectivity index (χ0n) is 11.3. The fourth-order valence-corrected chi connectivity index (χ4v) is 2.94. The Morgan fingerprint density at radius 3 is 2.89 bits per heavy atom. The van der Waals surface area contributed by atoms with Crippen molar-refractivity contribution in [3.8, 4) is 0 Å². The predicted octanol–water partition coefficient (Wildman–Crippen LogP) is 2.70. The lowest BCUT2D eigenvalue weighted by atomic mass is 10.0. The molecule has 5 heteroatoms. The Morgan fingerprint density at radius 2 is 2.26 bits per heavy atom. The Hall–Kier alpha value is -0.490. The first kappa shape index (κ1) is 14.9. The van der Waals surface area contributed by atoms with E-state index in [0.717, 1.165) is 12.1 Å². The molecule has 3 atom stereocenters. The van der Waals surface area contributed by atoms with E-state index in [-0.39, 0.29) is 18.0 Å². The molecular weight excluding hydrogens is 311 g/mol. The van der Waals surface area contributed by atoms with Crippen LogP contribution in [0.1, 0.15) is 25.5 Å². The van der Waals surface area contributed by atoms with Crippen LogP contribution in [0.3, 0.4) is 0 Å². The smallest absolute Gasteiger partial charge is 0.137 e. The fourth-order valence-electron chi connectivity index (χ4n) is 2.55. The van der Waals surface area contributed by atoms with Crippen molar-refractivity contribution in [2.24, 2.45) is 5.73 Å². The van der Waals surface area contributed by atoms with Gasteiger partial charge in [-0.1, -0.05) is 6.07 Å². The summed E-state index contributed by atoms with van der Waals surface area (Å²) in [6, 6.07) is 5.52. The van der Waals surface area contributed by atoms with Crippen molar-refractivity contribution in [2.45, 2.75) is 32.0 Å². The highest BCUT2D eigenvalue weighted by atomic mass is 79.9. The minimum absolute atomic E-state index is 0.0956. The third-order valence-electron chi connectivity index (χ3n) is 3.61. The van der Waals surface area contributed by atoms with E-state index >= 15 is 0 Å². The van der Waals surface area contributed by atoms with Crippen molar-refractivity contribution in [3.63, 3.8) is 0 Å². The van der Waals surface area contributed by atoms with E-state index in [1.54, 1.807) is 0 Å². The zero-order chi connectivity index (χ0) is 14.0. The number of rotatable bonds is 3. The number of nitrogens with zero attached hydrogens (tertiary/aromatic N) is 1. The Balaban J connectivity index is 2.25. The third kappa shape index (κ3) is 3.34. The Bertz CT molecular complexity index is 443. The molecule has 1 aliphatic heterocycles. The highest BCUT2D eigenvalue weighted by Gasteiger charge is 2.30. The molecule has 1 aliphatic rings. The normalized spacial score (nSPS) is 26.4. The predicted molar refractivity (Wildman–Crippen MR) is 77.5 cm³/mol. The quantitative estimate of drug-likeness (QED) is 0.926. The number of hydrogen-bond donors (Lipinski definition) is 1. The van der Waals surface area contributed by atoms with Crippen LogP contribution in [0.15, 0.2) is 22.7 Å². The molecule has 0 bridgehead atoms. The second kappa shape index (κ2) is 6.31. The molecule has 3 nitrogen and oxygen atoms in total. The van der Waals surface area contributed by atoms with Gasteiger partial charge < -0.3 is 10.5 Å². The summed E-state index contributed by atoms with van der Waals surface area (Å²) in [6.07, 6.45) is 0.203. The Labute approximate surface area is 122 Å². The Morgan fingerprint density at radius 1 is 1.53 bits per heavy atom. The van der Waals surface area contributed by atoms with Crippen molar-refractivity contribution >= 4 is 15.9 Å². The summed E-state index contributed by atoms with van der Waals surface area (Å²) in [4.78, 5) is 2.34. The van der Waals surface area contributed by atoms with Gasteiger partial charge in [0.25, 0.3) is 0 Å². The summed E-state index contributed by atoms with van der Waals surface area (Å²) < 4.78 is 19.5. The van der Waals surface area contributed by atoms with Crippen molar-refractivity contribution in [1.29, 1.82) is 0 Å². The summed E-state index contributed by atoms with van der Waals surface area (Å²) >= 11 is 3.24. The van der Waals surface area contributed by atoms with Gasteiger partial charge in [0, 0.05) is 25.2 Å². The molecule has 3 unspecified atom stereocenters. The van der Waals surface area contributed by atoms with Crippen LogP contribution in [0.2, 0.25) is 0 Å². The number of morpholine rings is 1. The van der Waals surface area contributed by atoms with E-state index in [1.165, 1.54) is 6.07 Å². The van der Waals surface area contributed by atoms with Crippen molar-refractivity contribution in [2.75, 3.05) is 19.7 Å². The van der Waals surface area contributed by atoms with Gasteiger partial charge in [0.2, 0.25) is 0 Å². The molecule has 19 heavy (non-hydrogen) atoms. The van der Waals surface area contributed by atoms with Gasteiger partial charge in [0.1, 0.15) is 5.82 Å². The molecule has 0 radical (unpaired) electrons. The molecule has 1 fully saturated rings. The van der Waals surface area contributed by atoms with Crippen LogP contribution in [0.4, 0.5) is 4.39 Å². The monoisotopic (exact) mass is 330 g/mol. The maximum atomic E-state index is 13.3. The largest absolute Gasteiger partial charge is 0.376 e. The van der Waals surface area contributed by atoms with Gasteiger partial charge in [-0.15, -0.1) is 0 Å². The lowest BCUT2D eigenvalue weighted by Gasteiger charge is -2.41. The van der Waals surface area contributed by atoms with Crippen molar-refractivity contribution < 1.29 is 9.13 Å². The van der Waals surface area contributed by atoms with E-state index in [2.05, 4.69) is 34.7 Å². The first-order chi connectivity index (χ1) is 9.02. The third-order valence-corrected chi connectivity index (χ3v) is 4.22. The van der Waals surface area contributed by atoms with E-state index in [0.29, 0.717) is 23.7 Å². The molecular formula is C14H20BrFN2O. The first-order valence-electron chi connectivity index (χ1n) is 6.55. The van der Waals surface area contributed by atoms with Crippen LogP contribution in [0, 0.1) is 5.82 Å². The average Bonchev–Trinajstić information content (AvgIpc) is 2.38. The number of hydrogen-bond acceptors (Lipinski definition) is 3. The molecule has 106 valence electrons. The second-order valence-corrected chi connectivity index (χ2v) is 5.97. The van der Waals surface area contributed by atoms with Crippen molar-refractivity contribution in [1.82, 2.24) is 4.90 Å². The second-order valence-electron chi connectivity index (χ2n) is 5.11. The van der Waals surface area contributed by atoms with Gasteiger partial charge in [0.15, 0.2) is 0 Å². The molecule has 0 aromatic heterocycles. The van der Waals surface area contributed by atoms with Crippen LogP contribution >= 0.6 is 15.9 Å². The SMILES string of the molecule is CC1CN(C(CN)c2ccc(F)c(Br)c2)C(C)CO1. The zero-order valence-corrected chi connectivity index (χ0v) is 12.9. The number of nitrogens with two attached hydrogens (primary N) is 1. The van der Waals surface area contributed by atoms with Gasteiger partial charge in [-0.05, 0) is 47.5 Å². The van der Waals surface area contributed by atoms with Gasteiger partial charge in [0.05, 0.1) is 17.2 Å². The number of benzene rings is 1. The van der Waals surface area contributed by atoms with Gasteiger partial charge >= 0.3 is 0 Å². The highest BCUT2D eigenvalue weighted by molar-refractivity contribution is 9.10. The van der Waals surface area contributed by atoms with E-state index in [4.69, 9.17) is 10.5 Å². The van der Waals surface area contributed by atoms with Gasteiger partial charge in [-0.2, -0.15) is 0 Å². The van der Waals surface area contributed by atoms with Crippen LogP contribution < -0.4 is 5.73 Å². The molecule has 1 saturated heterocycles. The molecule has 1 aromatic rings.